The zero-order valence-corrected chi connectivity index (χ0v) is 22.9. The monoisotopic (exact) mass is 467 g/mol. The molecule has 0 rings (SSSR count). The average molecular weight is 468 g/mol. The van der Waals surface area contributed by atoms with E-state index in [1.165, 1.54) is 154 Å². The van der Waals surface area contributed by atoms with Crippen LogP contribution in [0.1, 0.15) is 168 Å². The zero-order chi connectivity index (χ0) is 24.2. The van der Waals surface area contributed by atoms with Crippen molar-refractivity contribution < 1.29 is 9.53 Å². The molecule has 0 heterocycles. The van der Waals surface area contributed by atoms with Gasteiger partial charge in [0.25, 0.3) is 0 Å². The first-order valence-electron chi connectivity index (χ1n) is 15.1. The maximum absolute atomic E-state index is 11.5. The highest BCUT2D eigenvalue weighted by molar-refractivity contribution is 5.71. The lowest BCUT2D eigenvalue weighted by atomic mass is 9.94. The van der Waals surface area contributed by atoms with Gasteiger partial charge in [-0.3, -0.25) is 4.79 Å². The molecule has 0 spiro atoms. The Labute approximate surface area is 208 Å². The minimum atomic E-state index is -0.252. The Balaban J connectivity index is 3.72. The molecule has 0 fully saturated rings. The van der Waals surface area contributed by atoms with Gasteiger partial charge in [0, 0.05) is 0 Å². The number of esters is 1. The van der Waals surface area contributed by atoms with Gasteiger partial charge in [-0.2, -0.15) is 0 Å². The molecule has 0 amide bonds. The minimum absolute atomic E-state index is 0.00355. The van der Waals surface area contributed by atoms with Gasteiger partial charge in [0.15, 0.2) is 0 Å². The van der Waals surface area contributed by atoms with Crippen LogP contribution in [0.2, 0.25) is 0 Å². The number of rotatable bonds is 27. The predicted octanol–water partition coefficient (Wildman–Crippen LogP) is 9.51. The van der Waals surface area contributed by atoms with Crippen LogP contribution < -0.4 is 5.73 Å². The third-order valence-corrected chi connectivity index (χ3v) is 7.08. The Morgan fingerprint density at radius 3 is 1.15 bits per heavy atom. The number of carbonyl (C=O) groups is 1. The van der Waals surface area contributed by atoms with Crippen molar-refractivity contribution in [2.75, 3.05) is 13.2 Å². The van der Waals surface area contributed by atoms with Crippen LogP contribution in [0.25, 0.3) is 0 Å². The van der Waals surface area contributed by atoms with Crippen molar-refractivity contribution in [3.8, 4) is 0 Å². The maximum Gasteiger partial charge on any atom is 0.319 e. The lowest BCUT2D eigenvalue weighted by Crippen LogP contribution is -2.21. The zero-order valence-electron chi connectivity index (χ0n) is 22.9. The van der Waals surface area contributed by atoms with Gasteiger partial charge in [-0.05, 0) is 18.8 Å². The third kappa shape index (κ3) is 25.9. The van der Waals surface area contributed by atoms with E-state index in [2.05, 4.69) is 13.8 Å². The first-order valence-corrected chi connectivity index (χ1v) is 15.1. The van der Waals surface area contributed by atoms with Gasteiger partial charge in [-0.1, -0.05) is 155 Å². The predicted molar refractivity (Wildman–Crippen MR) is 146 cm³/mol. The van der Waals surface area contributed by atoms with Crippen LogP contribution in [0.15, 0.2) is 0 Å². The SMILES string of the molecule is CCCCCCCCCCCCCCC(CCCCCCCCCCCC)COC(=O)CN. The number of ether oxygens (including phenoxy) is 1. The maximum atomic E-state index is 11.5. The molecule has 1 unspecified atom stereocenters. The van der Waals surface area contributed by atoms with E-state index in [1.54, 1.807) is 0 Å². The van der Waals surface area contributed by atoms with E-state index in [0.717, 1.165) is 0 Å². The molecule has 0 aliphatic carbocycles. The van der Waals surface area contributed by atoms with Gasteiger partial charge < -0.3 is 10.5 Å². The fraction of sp³-hybridized carbons (Fsp3) is 0.967. The number of nitrogens with two attached hydrogens (primary N) is 1. The Hall–Kier alpha value is -0.570. The summed E-state index contributed by atoms with van der Waals surface area (Å²) >= 11 is 0. The largest absolute Gasteiger partial charge is 0.464 e. The van der Waals surface area contributed by atoms with Crippen molar-refractivity contribution in [2.45, 2.75) is 168 Å². The molecule has 0 radical (unpaired) electrons. The second kappa shape index (κ2) is 27.7. The summed E-state index contributed by atoms with van der Waals surface area (Å²) in [4.78, 5) is 11.5. The fourth-order valence-electron chi connectivity index (χ4n) is 4.78. The summed E-state index contributed by atoms with van der Waals surface area (Å²) in [7, 11) is 0. The van der Waals surface area contributed by atoms with Crippen LogP contribution in [0.4, 0.5) is 0 Å². The molecule has 0 aromatic heterocycles. The lowest BCUT2D eigenvalue weighted by molar-refractivity contribution is -0.143. The van der Waals surface area contributed by atoms with E-state index >= 15 is 0 Å². The second-order valence-electron chi connectivity index (χ2n) is 10.4. The van der Waals surface area contributed by atoms with E-state index in [1.807, 2.05) is 0 Å². The highest BCUT2D eigenvalue weighted by Crippen LogP contribution is 2.20. The van der Waals surface area contributed by atoms with Crippen molar-refractivity contribution >= 4 is 5.97 Å². The highest BCUT2D eigenvalue weighted by atomic mass is 16.5. The molecule has 198 valence electrons. The van der Waals surface area contributed by atoms with Gasteiger partial charge >= 0.3 is 5.97 Å². The van der Waals surface area contributed by atoms with Crippen molar-refractivity contribution in [1.29, 1.82) is 0 Å². The van der Waals surface area contributed by atoms with Crippen molar-refractivity contribution in [3.05, 3.63) is 0 Å². The second-order valence-corrected chi connectivity index (χ2v) is 10.4. The summed E-state index contributed by atoms with van der Waals surface area (Å²) in [6, 6.07) is 0. The number of unbranched alkanes of at least 4 members (excludes halogenated alkanes) is 20. The highest BCUT2D eigenvalue weighted by Gasteiger charge is 2.11. The Kier molecular flexibility index (Phi) is 27.2. The fourth-order valence-corrected chi connectivity index (χ4v) is 4.78. The van der Waals surface area contributed by atoms with Crippen LogP contribution in [-0.4, -0.2) is 19.1 Å². The molecule has 33 heavy (non-hydrogen) atoms. The number of carbonyl (C=O) groups excluding carboxylic acids is 1. The smallest absolute Gasteiger partial charge is 0.319 e. The summed E-state index contributed by atoms with van der Waals surface area (Å²) in [6.45, 7) is 5.14. The molecule has 1 atom stereocenters. The van der Waals surface area contributed by atoms with E-state index in [9.17, 15) is 4.79 Å². The van der Waals surface area contributed by atoms with E-state index in [-0.39, 0.29) is 12.5 Å². The summed E-state index contributed by atoms with van der Waals surface area (Å²) in [5, 5.41) is 0. The molecule has 0 aliphatic heterocycles. The van der Waals surface area contributed by atoms with Crippen LogP contribution in [0.5, 0.6) is 0 Å². The van der Waals surface area contributed by atoms with Gasteiger partial charge in [-0.15, -0.1) is 0 Å². The molecule has 0 saturated carbocycles. The van der Waals surface area contributed by atoms with Crippen LogP contribution in [0.3, 0.4) is 0 Å². The lowest BCUT2D eigenvalue weighted by Gasteiger charge is -2.17. The van der Waals surface area contributed by atoms with Gasteiger partial charge in [-0.25, -0.2) is 0 Å². The molecule has 0 aliphatic rings. The van der Waals surface area contributed by atoms with Gasteiger partial charge in [0.2, 0.25) is 0 Å². The van der Waals surface area contributed by atoms with Crippen molar-refractivity contribution in [3.63, 3.8) is 0 Å². The minimum Gasteiger partial charge on any atom is -0.464 e. The number of hydrogen-bond acceptors (Lipinski definition) is 3. The molecule has 3 heteroatoms. The Morgan fingerprint density at radius 1 is 0.545 bits per heavy atom. The van der Waals surface area contributed by atoms with E-state index < -0.39 is 0 Å². The van der Waals surface area contributed by atoms with Gasteiger partial charge in [0.1, 0.15) is 0 Å². The van der Waals surface area contributed by atoms with Crippen molar-refractivity contribution in [1.82, 2.24) is 0 Å². The molecule has 2 N–H and O–H groups in total. The molecule has 0 aromatic rings. The molecular weight excluding hydrogens is 406 g/mol. The first kappa shape index (κ1) is 32.4. The Bertz CT molecular complexity index is 385. The summed E-state index contributed by atoms with van der Waals surface area (Å²) in [5.41, 5.74) is 5.41. The van der Waals surface area contributed by atoms with Crippen molar-refractivity contribution in [2.24, 2.45) is 11.7 Å². The molecule has 3 nitrogen and oxygen atoms in total. The van der Waals surface area contributed by atoms with Crippen LogP contribution >= 0.6 is 0 Å². The average Bonchev–Trinajstić information content (AvgIpc) is 2.83. The first-order chi connectivity index (χ1) is 16.2. The van der Waals surface area contributed by atoms with E-state index in [4.69, 9.17) is 10.5 Å². The number of hydrogen-bond donors (Lipinski definition) is 1. The summed E-state index contributed by atoms with van der Waals surface area (Å²) in [6.07, 6.45) is 32.8. The topological polar surface area (TPSA) is 52.3 Å². The van der Waals surface area contributed by atoms with Crippen LogP contribution in [0, 0.1) is 5.92 Å². The summed E-state index contributed by atoms with van der Waals surface area (Å²) in [5.74, 6) is 0.274. The molecule has 0 bridgehead atoms. The quantitative estimate of drug-likeness (QED) is 0.0966. The van der Waals surface area contributed by atoms with E-state index in [0.29, 0.717) is 12.5 Å². The normalized spacial score (nSPS) is 12.2. The molecule has 0 aromatic carbocycles. The van der Waals surface area contributed by atoms with Gasteiger partial charge in [0.05, 0.1) is 13.2 Å². The third-order valence-electron chi connectivity index (χ3n) is 7.08. The van der Waals surface area contributed by atoms with Crippen LogP contribution in [-0.2, 0) is 9.53 Å². The summed E-state index contributed by atoms with van der Waals surface area (Å²) < 4.78 is 5.39. The molecular formula is C30H61NO2. The standard InChI is InChI=1S/C30H61NO2/c1-3-5-7-9-11-13-15-16-18-20-22-24-26-29(28-33-30(32)27-31)25-23-21-19-17-14-12-10-8-6-4-2/h29H,3-28,31H2,1-2H3. The molecule has 0 saturated heterocycles. The Morgan fingerprint density at radius 2 is 0.848 bits per heavy atom.